The van der Waals surface area contributed by atoms with E-state index in [4.69, 9.17) is 0 Å². The van der Waals surface area contributed by atoms with Crippen LogP contribution in [0.5, 0.6) is 0 Å². The van der Waals surface area contributed by atoms with E-state index in [0.29, 0.717) is 0 Å². The highest BCUT2D eigenvalue weighted by molar-refractivity contribution is 7.26. The molecule has 10 rings (SSSR count). The van der Waals surface area contributed by atoms with E-state index in [0.717, 1.165) is 5.65 Å². The average Bonchev–Trinajstić information content (AvgIpc) is 3.81. The number of pyridine rings is 1. The minimum atomic E-state index is 0.995. The predicted octanol–water partition coefficient (Wildman–Crippen LogP) is 12.7. The number of rotatable bonds is 4. The SMILES string of the molecule is c1ccc(-c2ccc3sc4c(-c5cccc(-c6ccc7c(c6)c6ccccc6c6nccn76)c5)cc(-c5ccccc5)cc4c3c2)cc1. The molecule has 0 spiro atoms. The maximum atomic E-state index is 4.68. The molecule has 48 heavy (non-hydrogen) atoms. The topological polar surface area (TPSA) is 17.3 Å². The molecule has 0 N–H and O–H groups in total. The van der Waals surface area contributed by atoms with Crippen LogP contribution in [0.2, 0.25) is 0 Å². The fraction of sp³-hybridized carbons (Fsp3) is 0. The number of fused-ring (bicyclic) bond motifs is 9. The minimum Gasteiger partial charge on any atom is -0.299 e. The molecule has 0 saturated carbocycles. The molecule has 0 fully saturated rings. The molecule has 3 heterocycles. The molecule has 0 amide bonds. The van der Waals surface area contributed by atoms with Crippen LogP contribution in [0.15, 0.2) is 170 Å². The second kappa shape index (κ2) is 10.8. The number of nitrogens with zero attached hydrogens (tertiary/aromatic N) is 2. The first-order valence-electron chi connectivity index (χ1n) is 16.3. The Labute approximate surface area is 281 Å². The standard InChI is InChI=1S/C45H28N2S/c1-3-10-29(11-4-1)32-19-21-43-40(26-32)41-28-35(30-12-5-2-6-13-30)27-38(44(41)48-43)34-15-9-14-31(24-34)33-18-20-42-39(25-33)36-16-7-8-17-37(36)45-46-22-23-47(42)45/h1-28H. The summed E-state index contributed by atoms with van der Waals surface area (Å²) in [7, 11) is 0. The zero-order chi connectivity index (χ0) is 31.6. The Hall–Kier alpha value is -6.03. The van der Waals surface area contributed by atoms with E-state index < -0.39 is 0 Å². The Bertz CT molecular complexity index is 2830. The second-order valence-electron chi connectivity index (χ2n) is 12.4. The van der Waals surface area contributed by atoms with Gasteiger partial charge in [-0.1, -0.05) is 115 Å². The Morgan fingerprint density at radius 2 is 1.04 bits per heavy atom. The van der Waals surface area contributed by atoms with E-state index in [-0.39, 0.29) is 0 Å². The molecule has 3 aromatic heterocycles. The van der Waals surface area contributed by atoms with Gasteiger partial charge in [0.1, 0.15) is 5.65 Å². The summed E-state index contributed by atoms with van der Waals surface area (Å²) in [6.45, 7) is 0. The van der Waals surface area contributed by atoms with E-state index in [9.17, 15) is 0 Å². The summed E-state index contributed by atoms with van der Waals surface area (Å²) in [6, 6.07) is 57.6. The summed E-state index contributed by atoms with van der Waals surface area (Å²) in [5, 5.41) is 6.23. The largest absolute Gasteiger partial charge is 0.299 e. The fourth-order valence-electron chi connectivity index (χ4n) is 7.32. The van der Waals surface area contributed by atoms with Crippen LogP contribution in [-0.4, -0.2) is 9.38 Å². The molecular weight excluding hydrogens is 601 g/mol. The van der Waals surface area contributed by atoms with Crippen molar-refractivity contribution in [2.45, 2.75) is 0 Å². The van der Waals surface area contributed by atoms with Crippen molar-refractivity contribution in [3.8, 4) is 44.5 Å². The van der Waals surface area contributed by atoms with Crippen LogP contribution in [0.25, 0.3) is 92.0 Å². The average molecular weight is 629 g/mol. The third kappa shape index (κ3) is 4.29. The highest BCUT2D eigenvalue weighted by Gasteiger charge is 2.16. The van der Waals surface area contributed by atoms with Crippen molar-refractivity contribution >= 4 is 58.8 Å². The van der Waals surface area contributed by atoms with Gasteiger partial charge in [-0.05, 0) is 86.8 Å². The molecule has 0 saturated heterocycles. The zero-order valence-electron chi connectivity index (χ0n) is 26.0. The van der Waals surface area contributed by atoms with Gasteiger partial charge >= 0.3 is 0 Å². The van der Waals surface area contributed by atoms with Gasteiger partial charge in [-0.2, -0.15) is 0 Å². The third-order valence-electron chi connectivity index (χ3n) is 9.65. The van der Waals surface area contributed by atoms with Gasteiger partial charge in [0, 0.05) is 48.9 Å². The Balaban J connectivity index is 1.18. The van der Waals surface area contributed by atoms with Crippen LogP contribution >= 0.6 is 11.3 Å². The van der Waals surface area contributed by atoms with Crippen molar-refractivity contribution in [2.24, 2.45) is 0 Å². The summed E-state index contributed by atoms with van der Waals surface area (Å²) in [6.07, 6.45) is 3.95. The molecule has 224 valence electrons. The van der Waals surface area contributed by atoms with Crippen molar-refractivity contribution in [2.75, 3.05) is 0 Å². The van der Waals surface area contributed by atoms with Gasteiger partial charge in [-0.3, -0.25) is 4.40 Å². The van der Waals surface area contributed by atoms with Gasteiger partial charge < -0.3 is 0 Å². The number of aromatic nitrogens is 2. The van der Waals surface area contributed by atoms with E-state index in [2.05, 4.69) is 173 Å². The smallest absolute Gasteiger partial charge is 0.145 e. The van der Waals surface area contributed by atoms with Crippen LogP contribution in [0.4, 0.5) is 0 Å². The molecule has 0 atom stereocenters. The number of thiophene rings is 1. The number of imidazole rings is 1. The molecule has 2 nitrogen and oxygen atoms in total. The molecule has 0 aliphatic heterocycles. The van der Waals surface area contributed by atoms with E-state index in [1.807, 2.05) is 17.5 Å². The molecule has 0 radical (unpaired) electrons. The van der Waals surface area contributed by atoms with Gasteiger partial charge in [0.15, 0.2) is 0 Å². The lowest BCUT2D eigenvalue weighted by Crippen LogP contribution is -1.91. The van der Waals surface area contributed by atoms with Gasteiger partial charge in [0.05, 0.1) is 5.52 Å². The van der Waals surface area contributed by atoms with Gasteiger partial charge in [-0.15, -0.1) is 11.3 Å². The van der Waals surface area contributed by atoms with Crippen LogP contribution in [0, 0.1) is 0 Å². The lowest BCUT2D eigenvalue weighted by molar-refractivity contribution is 1.27. The molecule has 0 aliphatic carbocycles. The molecule has 3 heteroatoms. The van der Waals surface area contributed by atoms with Crippen molar-refractivity contribution in [3.63, 3.8) is 0 Å². The highest BCUT2D eigenvalue weighted by Crippen LogP contribution is 2.44. The Kier molecular flexibility index (Phi) is 6.08. The van der Waals surface area contributed by atoms with Crippen molar-refractivity contribution in [1.29, 1.82) is 0 Å². The number of hydrogen-bond donors (Lipinski definition) is 0. The Morgan fingerprint density at radius 1 is 0.417 bits per heavy atom. The summed E-state index contributed by atoms with van der Waals surface area (Å²) < 4.78 is 4.83. The lowest BCUT2D eigenvalue weighted by atomic mass is 9.93. The van der Waals surface area contributed by atoms with Crippen molar-refractivity contribution in [3.05, 3.63) is 170 Å². The molecule has 0 bridgehead atoms. The van der Waals surface area contributed by atoms with Crippen LogP contribution in [0.1, 0.15) is 0 Å². The van der Waals surface area contributed by atoms with Crippen LogP contribution in [0.3, 0.4) is 0 Å². The van der Waals surface area contributed by atoms with Gasteiger partial charge in [0.2, 0.25) is 0 Å². The Morgan fingerprint density at radius 3 is 1.88 bits per heavy atom. The quantitative estimate of drug-likeness (QED) is 0.177. The molecule has 7 aromatic carbocycles. The molecular formula is C45H28N2S. The summed E-state index contributed by atoms with van der Waals surface area (Å²) in [5.74, 6) is 0. The molecule has 0 aliphatic rings. The number of hydrogen-bond acceptors (Lipinski definition) is 2. The normalized spacial score (nSPS) is 11.8. The van der Waals surface area contributed by atoms with E-state index >= 15 is 0 Å². The zero-order valence-corrected chi connectivity index (χ0v) is 26.8. The van der Waals surface area contributed by atoms with E-state index in [1.165, 1.54) is 86.4 Å². The first-order chi connectivity index (χ1) is 23.8. The molecule has 10 aromatic rings. The van der Waals surface area contributed by atoms with Crippen molar-refractivity contribution in [1.82, 2.24) is 9.38 Å². The summed E-state index contributed by atoms with van der Waals surface area (Å²) >= 11 is 1.89. The van der Waals surface area contributed by atoms with E-state index in [1.54, 1.807) is 0 Å². The summed E-state index contributed by atoms with van der Waals surface area (Å²) in [4.78, 5) is 4.68. The maximum Gasteiger partial charge on any atom is 0.145 e. The maximum absolute atomic E-state index is 4.68. The fourth-order valence-corrected chi connectivity index (χ4v) is 8.52. The summed E-state index contributed by atoms with van der Waals surface area (Å²) in [5.41, 5.74) is 12.0. The second-order valence-corrected chi connectivity index (χ2v) is 13.5. The van der Waals surface area contributed by atoms with Crippen LogP contribution in [-0.2, 0) is 0 Å². The minimum absolute atomic E-state index is 0.995. The molecule has 0 unspecified atom stereocenters. The van der Waals surface area contributed by atoms with Crippen molar-refractivity contribution < 1.29 is 0 Å². The third-order valence-corrected chi connectivity index (χ3v) is 10.9. The monoisotopic (exact) mass is 628 g/mol. The first kappa shape index (κ1) is 27.1. The highest BCUT2D eigenvalue weighted by atomic mass is 32.1. The van der Waals surface area contributed by atoms with Gasteiger partial charge in [0.25, 0.3) is 0 Å². The number of benzene rings is 7. The lowest BCUT2D eigenvalue weighted by Gasteiger charge is -2.12. The predicted molar refractivity (Wildman–Crippen MR) is 205 cm³/mol. The van der Waals surface area contributed by atoms with Gasteiger partial charge in [-0.25, -0.2) is 4.98 Å². The first-order valence-corrected chi connectivity index (χ1v) is 17.1. The van der Waals surface area contributed by atoms with Crippen LogP contribution < -0.4 is 0 Å².